The Kier molecular flexibility index (Phi) is 4.33. The minimum Gasteiger partial charge on any atom is -0.346 e. The number of amides is 2. The average molecular weight is 427 g/mol. The van der Waals surface area contributed by atoms with Gasteiger partial charge in [-0.15, -0.1) is 0 Å². The van der Waals surface area contributed by atoms with Gasteiger partial charge in [-0.05, 0) is 50.3 Å². The quantitative estimate of drug-likeness (QED) is 0.624. The van der Waals surface area contributed by atoms with Gasteiger partial charge in [0.1, 0.15) is 4.90 Å². The molecular weight excluding hydrogens is 405 g/mol. The minimum atomic E-state index is -9.75. The highest BCUT2D eigenvalue weighted by molar-refractivity contribution is 8.45. The van der Waals surface area contributed by atoms with E-state index in [1.807, 2.05) is 0 Å². The first-order valence-corrected chi connectivity index (χ1v) is 10.7. The van der Waals surface area contributed by atoms with Crippen LogP contribution in [0.2, 0.25) is 0 Å². The van der Waals surface area contributed by atoms with Gasteiger partial charge < -0.3 is 10.6 Å². The highest BCUT2D eigenvalue weighted by atomic mass is 32.5. The molecule has 11 heteroatoms. The smallest absolute Gasteiger partial charge is 0.310 e. The van der Waals surface area contributed by atoms with E-state index in [2.05, 4.69) is 16.0 Å². The van der Waals surface area contributed by atoms with Gasteiger partial charge in [0, 0.05) is 0 Å². The van der Waals surface area contributed by atoms with E-state index in [0.717, 1.165) is 25.0 Å². The van der Waals surface area contributed by atoms with Gasteiger partial charge in [-0.1, -0.05) is 31.6 Å². The van der Waals surface area contributed by atoms with E-state index in [9.17, 15) is 29.0 Å². The lowest BCUT2D eigenvalue weighted by atomic mass is 9.93. The lowest BCUT2D eigenvalue weighted by Crippen LogP contribution is -2.62. The number of rotatable bonds is 5. The van der Waals surface area contributed by atoms with Gasteiger partial charge in [0.25, 0.3) is 0 Å². The summed E-state index contributed by atoms with van der Waals surface area (Å²) in [4.78, 5) is 22.5. The maximum absolute atomic E-state index is 12.9. The summed E-state index contributed by atoms with van der Waals surface area (Å²) in [6.45, 7) is 3.09. The summed E-state index contributed by atoms with van der Waals surface area (Å²) in [6, 6.07) is 1.70. The predicted octanol–water partition coefficient (Wildman–Crippen LogP) is 3.91. The Morgan fingerprint density at radius 1 is 1.11 bits per heavy atom. The monoisotopic (exact) mass is 427 g/mol. The Labute approximate surface area is 159 Å². The van der Waals surface area contributed by atoms with Gasteiger partial charge in [-0.2, -0.15) is 0 Å². The van der Waals surface area contributed by atoms with Crippen LogP contribution in [0, 0.1) is 5.92 Å². The van der Waals surface area contributed by atoms with Gasteiger partial charge in [0.15, 0.2) is 0 Å². The van der Waals surface area contributed by atoms with Crippen LogP contribution in [0.25, 0.3) is 0 Å². The van der Waals surface area contributed by atoms with Crippen molar-refractivity contribution in [2.45, 2.75) is 55.8 Å². The number of hydrogen-bond donors (Lipinski definition) is 3. The molecule has 5 nitrogen and oxygen atoms in total. The summed E-state index contributed by atoms with van der Waals surface area (Å²) in [6.07, 6.45) is 1.57. The molecule has 2 amide bonds. The van der Waals surface area contributed by atoms with E-state index in [0.29, 0.717) is 12.1 Å². The summed E-state index contributed by atoms with van der Waals surface area (Å²) in [5.41, 5.74) is -0.900. The molecule has 0 spiro atoms. The third kappa shape index (κ3) is 4.75. The van der Waals surface area contributed by atoms with Crippen LogP contribution >= 0.6 is 10.2 Å². The maximum atomic E-state index is 12.9. The van der Waals surface area contributed by atoms with Crippen molar-refractivity contribution in [1.82, 2.24) is 16.0 Å². The zero-order valence-electron chi connectivity index (χ0n) is 15.3. The highest BCUT2D eigenvalue weighted by Gasteiger charge is 2.65. The Bertz CT molecular complexity index is 807. The molecule has 2 atom stereocenters. The first kappa shape index (κ1) is 20.8. The zero-order chi connectivity index (χ0) is 21.0. The lowest BCUT2D eigenvalue weighted by molar-refractivity contribution is -0.133. The molecule has 1 aliphatic carbocycles. The normalized spacial score (nSPS) is 26.0. The van der Waals surface area contributed by atoms with E-state index in [1.54, 1.807) is 13.8 Å². The van der Waals surface area contributed by atoms with Crippen molar-refractivity contribution >= 4 is 22.0 Å². The van der Waals surface area contributed by atoms with E-state index >= 15 is 0 Å². The Morgan fingerprint density at radius 3 is 2.18 bits per heavy atom. The third-order valence-corrected chi connectivity index (χ3v) is 6.12. The first-order valence-electron chi connectivity index (χ1n) is 8.77. The number of halogens is 5. The van der Waals surface area contributed by atoms with Crippen LogP contribution in [0.15, 0.2) is 29.2 Å². The van der Waals surface area contributed by atoms with Crippen molar-refractivity contribution in [3.05, 3.63) is 29.8 Å². The summed E-state index contributed by atoms with van der Waals surface area (Å²) in [7, 11) is -9.75. The van der Waals surface area contributed by atoms with Crippen molar-refractivity contribution in [2.75, 3.05) is 0 Å². The van der Waals surface area contributed by atoms with Crippen LogP contribution in [0.3, 0.4) is 0 Å². The van der Waals surface area contributed by atoms with Crippen LogP contribution in [0.4, 0.5) is 19.4 Å². The minimum absolute atomic E-state index is 0.0612. The highest BCUT2D eigenvalue weighted by Crippen LogP contribution is 3.02. The molecule has 3 N–H and O–H groups in total. The molecule has 0 bridgehead atoms. The fraction of sp³-hybridized carbons (Fsp3) is 0.529. The molecule has 28 heavy (non-hydrogen) atoms. The molecule has 0 aromatic heterocycles. The summed E-state index contributed by atoms with van der Waals surface area (Å²) in [5, 5.41) is 8.53. The molecular formula is C17H22F5N3O2S. The molecule has 0 radical (unpaired) electrons. The van der Waals surface area contributed by atoms with Gasteiger partial charge in [0.05, 0.1) is 24.2 Å². The molecule has 1 aliphatic heterocycles. The number of carbonyl (C=O) groups excluding carboxylic acids is 2. The van der Waals surface area contributed by atoms with Crippen LogP contribution in [0.5, 0.6) is 0 Å². The van der Waals surface area contributed by atoms with Crippen molar-refractivity contribution in [3.63, 3.8) is 0 Å². The fourth-order valence-electron chi connectivity index (χ4n) is 3.18. The third-order valence-electron chi connectivity index (χ3n) is 4.95. The Morgan fingerprint density at radius 2 is 1.68 bits per heavy atom. The molecule has 1 heterocycles. The second-order valence-corrected chi connectivity index (χ2v) is 10.3. The van der Waals surface area contributed by atoms with E-state index < -0.39 is 32.6 Å². The predicted molar refractivity (Wildman–Crippen MR) is 95.2 cm³/mol. The molecule has 2 unspecified atom stereocenters. The Balaban J connectivity index is 1.72. The Hall–Kier alpha value is -1.88. The topological polar surface area (TPSA) is 70.2 Å². The van der Waals surface area contributed by atoms with Gasteiger partial charge >= 0.3 is 10.2 Å². The molecule has 2 aliphatic rings. The summed E-state index contributed by atoms with van der Waals surface area (Å²) in [5.74, 6) is -0.455. The lowest BCUT2D eigenvalue weighted by Gasteiger charge is -2.41. The zero-order valence-corrected chi connectivity index (χ0v) is 16.1. The van der Waals surface area contributed by atoms with Gasteiger partial charge in [0.2, 0.25) is 11.8 Å². The SMILES string of the molecule is CC(C)(NC(=O)C1CC(=O)NC(C2CC2)N1)c1ccc(S(F)(F)(F)(F)F)cc1. The number of nitrogens with one attached hydrogen (secondary N) is 3. The van der Waals surface area contributed by atoms with Gasteiger partial charge in [-0.3, -0.25) is 14.9 Å². The van der Waals surface area contributed by atoms with Crippen molar-refractivity contribution in [3.8, 4) is 0 Å². The molecule has 1 saturated heterocycles. The van der Waals surface area contributed by atoms with Crippen LogP contribution in [-0.4, -0.2) is 24.0 Å². The number of benzene rings is 1. The fourth-order valence-corrected chi connectivity index (χ4v) is 3.83. The van der Waals surface area contributed by atoms with E-state index in [-0.39, 0.29) is 30.0 Å². The van der Waals surface area contributed by atoms with Crippen molar-refractivity contribution in [2.24, 2.45) is 5.92 Å². The van der Waals surface area contributed by atoms with Crippen molar-refractivity contribution in [1.29, 1.82) is 0 Å². The molecule has 1 aromatic carbocycles. The van der Waals surface area contributed by atoms with Gasteiger partial charge in [-0.25, -0.2) is 0 Å². The van der Waals surface area contributed by atoms with Crippen LogP contribution < -0.4 is 16.0 Å². The second-order valence-electron chi connectivity index (χ2n) is 7.91. The number of hydrogen-bond acceptors (Lipinski definition) is 3. The van der Waals surface area contributed by atoms with Crippen LogP contribution in [0.1, 0.15) is 38.7 Å². The molecule has 2 fully saturated rings. The average Bonchev–Trinajstić information content (AvgIpc) is 3.37. The summed E-state index contributed by atoms with van der Waals surface area (Å²) >= 11 is 0. The first-order chi connectivity index (χ1) is 12.5. The number of carbonyl (C=O) groups is 2. The maximum Gasteiger partial charge on any atom is 0.310 e. The van der Waals surface area contributed by atoms with Crippen molar-refractivity contribution < 1.29 is 29.0 Å². The molecule has 158 valence electrons. The standard InChI is InChI=1S/C17H22F5N3O2S/c1-17(2,11-5-7-12(8-6-11)28(18,19,20,21)22)25-16(27)13-9-14(26)24-15(23-13)10-3-4-10/h5-8,10,13,15,23H,3-4,9H2,1-2H3,(H,24,26)(H,25,27). The largest absolute Gasteiger partial charge is 0.346 e. The molecule has 1 saturated carbocycles. The van der Waals surface area contributed by atoms with E-state index in [4.69, 9.17) is 0 Å². The van der Waals surface area contributed by atoms with E-state index in [1.165, 1.54) is 0 Å². The molecule has 3 rings (SSSR count). The molecule has 1 aromatic rings. The second kappa shape index (κ2) is 5.82. The van der Waals surface area contributed by atoms with Crippen LogP contribution in [-0.2, 0) is 15.1 Å². The summed E-state index contributed by atoms with van der Waals surface area (Å²) < 4.78 is 64.3.